The van der Waals surface area contributed by atoms with Crippen molar-refractivity contribution in [1.82, 2.24) is 4.90 Å². The number of aromatic hydroxyl groups is 1. The van der Waals surface area contributed by atoms with E-state index in [0.717, 1.165) is 12.0 Å². The molecule has 2 N–H and O–H groups in total. The number of hydrogen-bond acceptors (Lipinski definition) is 3. The molecule has 110 valence electrons. The van der Waals surface area contributed by atoms with E-state index in [-0.39, 0.29) is 17.2 Å². The fraction of sp³-hybridized carbons (Fsp3) is 0.647. The van der Waals surface area contributed by atoms with Crippen molar-refractivity contribution in [3.05, 3.63) is 29.8 Å². The van der Waals surface area contributed by atoms with Crippen molar-refractivity contribution in [2.24, 2.45) is 11.3 Å². The van der Waals surface area contributed by atoms with E-state index in [1.54, 1.807) is 12.1 Å². The molecule has 3 rings (SSSR count). The molecule has 0 saturated heterocycles. The van der Waals surface area contributed by atoms with E-state index in [9.17, 15) is 10.2 Å². The van der Waals surface area contributed by atoms with Gasteiger partial charge in [0.15, 0.2) is 0 Å². The second-order valence-corrected chi connectivity index (χ2v) is 7.31. The number of hydrogen-bond donors (Lipinski definition) is 2. The first-order chi connectivity index (χ1) is 9.35. The van der Waals surface area contributed by atoms with Crippen molar-refractivity contribution >= 4 is 0 Å². The Bertz CT molecular complexity index is 515. The molecule has 2 fully saturated rings. The molecular weight excluding hydrogens is 250 g/mol. The number of benzene rings is 1. The fourth-order valence-electron chi connectivity index (χ4n) is 5.05. The van der Waals surface area contributed by atoms with Crippen LogP contribution < -0.4 is 0 Å². The summed E-state index contributed by atoms with van der Waals surface area (Å²) in [6, 6.07) is 7.26. The van der Waals surface area contributed by atoms with Gasteiger partial charge in [-0.05, 0) is 68.8 Å². The van der Waals surface area contributed by atoms with Gasteiger partial charge in [-0.1, -0.05) is 19.1 Å². The molecule has 1 aromatic rings. The molecule has 2 aliphatic carbocycles. The van der Waals surface area contributed by atoms with Gasteiger partial charge in [0.2, 0.25) is 0 Å². The number of fused-ring (bicyclic) bond motifs is 2. The third-order valence-corrected chi connectivity index (χ3v) is 5.45. The van der Waals surface area contributed by atoms with E-state index in [1.165, 1.54) is 19.3 Å². The van der Waals surface area contributed by atoms with E-state index >= 15 is 0 Å². The average molecular weight is 275 g/mol. The van der Waals surface area contributed by atoms with Crippen LogP contribution in [-0.4, -0.2) is 35.3 Å². The third kappa shape index (κ3) is 1.95. The molecule has 0 amide bonds. The zero-order valence-electron chi connectivity index (χ0n) is 12.6. The highest BCUT2D eigenvalue weighted by atomic mass is 16.3. The molecule has 1 aromatic carbocycles. The lowest BCUT2D eigenvalue weighted by atomic mass is 9.62. The molecule has 20 heavy (non-hydrogen) atoms. The molecule has 3 nitrogen and oxygen atoms in total. The van der Waals surface area contributed by atoms with Crippen molar-refractivity contribution in [3.63, 3.8) is 0 Å². The molecule has 0 heterocycles. The molecule has 4 unspecified atom stereocenters. The van der Waals surface area contributed by atoms with Crippen LogP contribution in [0.3, 0.4) is 0 Å². The minimum atomic E-state index is -0.865. The van der Waals surface area contributed by atoms with Gasteiger partial charge in [0.25, 0.3) is 0 Å². The zero-order valence-corrected chi connectivity index (χ0v) is 12.6. The first-order valence-corrected chi connectivity index (χ1v) is 7.53. The minimum Gasteiger partial charge on any atom is -0.508 e. The Morgan fingerprint density at radius 3 is 2.65 bits per heavy atom. The molecule has 0 radical (unpaired) electrons. The Kier molecular flexibility index (Phi) is 3.11. The summed E-state index contributed by atoms with van der Waals surface area (Å²) < 4.78 is 0. The highest BCUT2D eigenvalue weighted by Gasteiger charge is 2.58. The molecule has 4 atom stereocenters. The number of likely N-dealkylation sites (N-methyl/N-ethyl adjacent to an activating group) is 1. The van der Waals surface area contributed by atoms with Gasteiger partial charge in [-0.25, -0.2) is 0 Å². The Morgan fingerprint density at radius 2 is 2.00 bits per heavy atom. The normalized spacial score (nSPS) is 40.2. The van der Waals surface area contributed by atoms with Crippen LogP contribution >= 0.6 is 0 Å². The summed E-state index contributed by atoms with van der Waals surface area (Å²) in [4.78, 5) is 2.17. The Balaban J connectivity index is 2.10. The smallest absolute Gasteiger partial charge is 0.115 e. The SMILES string of the molecule is CN(C)C1C2(C)CCC(C2)CC1(O)c1cccc(O)c1. The summed E-state index contributed by atoms with van der Waals surface area (Å²) in [5.41, 5.74) is 0.150. The fourth-order valence-corrected chi connectivity index (χ4v) is 5.05. The van der Waals surface area contributed by atoms with Crippen LogP contribution in [0.5, 0.6) is 5.75 Å². The molecule has 0 spiro atoms. The summed E-state index contributed by atoms with van der Waals surface area (Å²) in [7, 11) is 4.12. The zero-order chi connectivity index (χ0) is 14.5. The predicted molar refractivity (Wildman–Crippen MR) is 79.5 cm³/mol. The summed E-state index contributed by atoms with van der Waals surface area (Å²) in [5, 5.41) is 21.3. The topological polar surface area (TPSA) is 43.7 Å². The van der Waals surface area contributed by atoms with Crippen molar-refractivity contribution in [3.8, 4) is 5.75 Å². The number of nitrogens with zero attached hydrogens (tertiary/aromatic N) is 1. The van der Waals surface area contributed by atoms with Gasteiger partial charge < -0.3 is 15.1 Å². The van der Waals surface area contributed by atoms with Crippen LogP contribution in [0.2, 0.25) is 0 Å². The molecule has 2 saturated carbocycles. The van der Waals surface area contributed by atoms with E-state index in [2.05, 4.69) is 25.9 Å². The Labute approximate surface area is 121 Å². The number of rotatable bonds is 2. The van der Waals surface area contributed by atoms with Gasteiger partial charge >= 0.3 is 0 Å². The Hall–Kier alpha value is -1.06. The number of phenols is 1. The first-order valence-electron chi connectivity index (χ1n) is 7.53. The number of aliphatic hydroxyl groups is 1. The molecular formula is C17H25NO2. The van der Waals surface area contributed by atoms with Crippen molar-refractivity contribution in [1.29, 1.82) is 0 Å². The second-order valence-electron chi connectivity index (χ2n) is 7.31. The maximum Gasteiger partial charge on any atom is 0.115 e. The van der Waals surface area contributed by atoms with Gasteiger partial charge in [-0.15, -0.1) is 0 Å². The van der Waals surface area contributed by atoms with Crippen molar-refractivity contribution in [2.45, 2.75) is 44.2 Å². The van der Waals surface area contributed by atoms with Crippen LogP contribution in [0.1, 0.15) is 38.2 Å². The third-order valence-electron chi connectivity index (χ3n) is 5.45. The van der Waals surface area contributed by atoms with Gasteiger partial charge in [0.05, 0.1) is 0 Å². The molecule has 0 aromatic heterocycles. The summed E-state index contributed by atoms with van der Waals surface area (Å²) in [6.45, 7) is 2.31. The standard InChI is InChI=1S/C17H25NO2/c1-16-8-7-12(10-16)11-17(20,15(16)18(2)3)13-5-4-6-14(19)9-13/h4-6,9,12,15,19-20H,7-8,10-11H2,1-3H3. The van der Waals surface area contributed by atoms with E-state index in [4.69, 9.17) is 0 Å². The summed E-state index contributed by atoms with van der Waals surface area (Å²) in [5.74, 6) is 0.833. The first kappa shape index (κ1) is 13.9. The van der Waals surface area contributed by atoms with Crippen LogP contribution in [0, 0.1) is 11.3 Å². The van der Waals surface area contributed by atoms with Crippen LogP contribution in [0.4, 0.5) is 0 Å². The Morgan fingerprint density at radius 1 is 1.25 bits per heavy atom. The van der Waals surface area contributed by atoms with Gasteiger partial charge in [0.1, 0.15) is 11.4 Å². The maximum atomic E-state index is 11.5. The van der Waals surface area contributed by atoms with Gasteiger partial charge in [-0.3, -0.25) is 0 Å². The summed E-state index contributed by atoms with van der Waals surface area (Å²) in [6.07, 6.45) is 4.40. The van der Waals surface area contributed by atoms with Crippen molar-refractivity contribution < 1.29 is 10.2 Å². The van der Waals surface area contributed by atoms with E-state index < -0.39 is 5.60 Å². The van der Waals surface area contributed by atoms with E-state index in [1.807, 2.05) is 12.1 Å². The lowest BCUT2D eigenvalue weighted by Crippen LogP contribution is -2.58. The van der Waals surface area contributed by atoms with Crippen LogP contribution in [0.25, 0.3) is 0 Å². The molecule has 0 aliphatic heterocycles. The maximum absolute atomic E-state index is 11.5. The van der Waals surface area contributed by atoms with Crippen LogP contribution in [-0.2, 0) is 5.60 Å². The lowest BCUT2D eigenvalue weighted by molar-refractivity contribution is -0.121. The van der Waals surface area contributed by atoms with E-state index in [0.29, 0.717) is 5.92 Å². The van der Waals surface area contributed by atoms with Crippen molar-refractivity contribution in [2.75, 3.05) is 14.1 Å². The predicted octanol–water partition coefficient (Wildman–Crippen LogP) is 2.72. The largest absolute Gasteiger partial charge is 0.508 e. The van der Waals surface area contributed by atoms with Gasteiger partial charge in [0, 0.05) is 6.04 Å². The monoisotopic (exact) mass is 275 g/mol. The average Bonchev–Trinajstić information content (AvgIpc) is 2.65. The highest BCUT2D eigenvalue weighted by molar-refractivity contribution is 5.34. The molecule has 2 bridgehead atoms. The van der Waals surface area contributed by atoms with Crippen LogP contribution in [0.15, 0.2) is 24.3 Å². The highest BCUT2D eigenvalue weighted by Crippen LogP contribution is 2.58. The summed E-state index contributed by atoms with van der Waals surface area (Å²) >= 11 is 0. The lowest BCUT2D eigenvalue weighted by Gasteiger charge is -2.52. The quantitative estimate of drug-likeness (QED) is 0.872. The molecule has 3 heteroatoms. The minimum absolute atomic E-state index is 0.0931. The second kappa shape index (κ2) is 4.47. The van der Waals surface area contributed by atoms with Gasteiger partial charge in [-0.2, -0.15) is 0 Å². The number of phenolic OH excluding ortho intramolecular Hbond substituents is 1. The molecule has 2 aliphatic rings.